The number of sulfonamides is 1. The molecule has 0 unspecified atom stereocenters. The summed E-state index contributed by atoms with van der Waals surface area (Å²) in [5, 5.41) is 7.87. The Morgan fingerprint density at radius 2 is 1.68 bits per heavy atom. The van der Waals surface area contributed by atoms with Gasteiger partial charge in [0.2, 0.25) is 5.69 Å². The fourth-order valence-electron chi connectivity index (χ4n) is 2.83. The fraction of sp³-hybridized carbons (Fsp3) is 0.0556. The molecule has 0 radical (unpaired) electrons. The lowest BCUT2D eigenvalue weighted by molar-refractivity contribution is -0.143. The predicted molar refractivity (Wildman–Crippen MR) is 104 cm³/mol. The fourth-order valence-corrected chi connectivity index (χ4v) is 3.92. The van der Waals surface area contributed by atoms with Gasteiger partial charge >= 0.3 is 6.18 Å². The van der Waals surface area contributed by atoms with Crippen molar-refractivity contribution in [3.05, 3.63) is 65.8 Å². The number of hydrogen-bond acceptors (Lipinski definition) is 6. The van der Waals surface area contributed by atoms with Crippen molar-refractivity contribution in [2.45, 2.75) is 11.2 Å². The molecule has 1 aromatic carbocycles. The monoisotopic (exact) mass is 469 g/mol. The first kappa shape index (κ1) is 21.1. The number of primary sulfonamides is 1. The molecule has 31 heavy (non-hydrogen) atoms. The average Bonchev–Trinajstić information content (AvgIpc) is 3.35. The number of hydrogen-bond donors (Lipinski definition) is 1. The van der Waals surface area contributed by atoms with Crippen molar-refractivity contribution >= 4 is 21.4 Å². The van der Waals surface area contributed by atoms with E-state index in [1.54, 1.807) is 23.8 Å². The van der Waals surface area contributed by atoms with Crippen LogP contribution in [0, 0.1) is 5.82 Å². The molecule has 0 atom stereocenters. The smallest absolute Gasteiger partial charge is 0.252 e. The minimum atomic E-state index is -5.04. The SMILES string of the molecule is NS(=O)(=O)c1ccc(-n2nc(C(F)(F)F)c(F)c2-c2ccc(-c3cncs3)cc2)cn1. The molecule has 0 aliphatic carbocycles. The van der Waals surface area contributed by atoms with Crippen LogP contribution in [0.5, 0.6) is 0 Å². The Balaban J connectivity index is 1.86. The zero-order valence-corrected chi connectivity index (χ0v) is 16.8. The molecule has 3 aromatic heterocycles. The van der Waals surface area contributed by atoms with Gasteiger partial charge in [-0.05, 0) is 17.7 Å². The van der Waals surface area contributed by atoms with Crippen molar-refractivity contribution < 1.29 is 26.0 Å². The summed E-state index contributed by atoms with van der Waals surface area (Å²) in [6.07, 6.45) is -2.47. The number of thiazole rings is 1. The zero-order valence-electron chi connectivity index (χ0n) is 15.2. The molecule has 3 heterocycles. The van der Waals surface area contributed by atoms with Crippen LogP contribution in [0.15, 0.2) is 59.3 Å². The standard InChI is InChI=1S/C18H11F4N5O2S2/c19-15-16(11-3-1-10(2-4-11)13-8-24-9-30-13)27(26-17(15)18(20,21)22)12-5-6-14(25-7-12)31(23,28)29/h1-9H,(H2,23,28,29). The van der Waals surface area contributed by atoms with E-state index < -0.39 is 38.4 Å². The molecule has 0 aliphatic rings. The van der Waals surface area contributed by atoms with Crippen LogP contribution in [-0.4, -0.2) is 28.2 Å². The second kappa shape index (κ2) is 7.51. The molecule has 0 bridgehead atoms. The van der Waals surface area contributed by atoms with Crippen LogP contribution >= 0.6 is 11.3 Å². The van der Waals surface area contributed by atoms with Crippen LogP contribution in [0.3, 0.4) is 0 Å². The summed E-state index contributed by atoms with van der Waals surface area (Å²) in [6.45, 7) is 0. The molecule has 0 amide bonds. The maximum atomic E-state index is 14.9. The Bertz CT molecular complexity index is 1330. The number of nitrogens with two attached hydrogens (primary N) is 1. The van der Waals surface area contributed by atoms with E-state index in [9.17, 15) is 26.0 Å². The number of rotatable bonds is 4. The zero-order chi connectivity index (χ0) is 22.4. The summed E-state index contributed by atoms with van der Waals surface area (Å²) in [7, 11) is -4.12. The highest BCUT2D eigenvalue weighted by Gasteiger charge is 2.40. The van der Waals surface area contributed by atoms with Gasteiger partial charge in [-0.15, -0.1) is 11.3 Å². The second-order valence-electron chi connectivity index (χ2n) is 6.26. The molecular formula is C18H11F4N5O2S2. The van der Waals surface area contributed by atoms with E-state index in [-0.39, 0.29) is 11.3 Å². The van der Waals surface area contributed by atoms with Gasteiger partial charge in [-0.1, -0.05) is 24.3 Å². The van der Waals surface area contributed by atoms with E-state index in [0.717, 1.165) is 33.5 Å². The number of aromatic nitrogens is 4. The van der Waals surface area contributed by atoms with E-state index in [0.29, 0.717) is 0 Å². The highest BCUT2D eigenvalue weighted by molar-refractivity contribution is 7.89. The van der Waals surface area contributed by atoms with Crippen molar-refractivity contribution in [2.75, 3.05) is 0 Å². The quantitative estimate of drug-likeness (QED) is 0.457. The first-order valence-electron chi connectivity index (χ1n) is 8.40. The summed E-state index contributed by atoms with van der Waals surface area (Å²) in [5.74, 6) is -1.56. The molecule has 0 aliphatic heterocycles. The number of pyridine rings is 1. The Morgan fingerprint density at radius 3 is 2.19 bits per heavy atom. The van der Waals surface area contributed by atoms with Gasteiger partial charge in [0.25, 0.3) is 10.0 Å². The van der Waals surface area contributed by atoms with Gasteiger partial charge in [-0.25, -0.2) is 27.6 Å². The molecule has 0 spiro atoms. The van der Waals surface area contributed by atoms with E-state index in [2.05, 4.69) is 15.1 Å². The van der Waals surface area contributed by atoms with Crippen LogP contribution in [-0.2, 0) is 16.2 Å². The molecule has 7 nitrogen and oxygen atoms in total. The van der Waals surface area contributed by atoms with E-state index >= 15 is 0 Å². The number of halogens is 4. The van der Waals surface area contributed by atoms with Crippen LogP contribution in [0.2, 0.25) is 0 Å². The first-order chi connectivity index (χ1) is 14.6. The van der Waals surface area contributed by atoms with Gasteiger partial charge in [-0.3, -0.25) is 4.98 Å². The van der Waals surface area contributed by atoms with Gasteiger partial charge < -0.3 is 0 Å². The normalized spacial score (nSPS) is 12.3. The van der Waals surface area contributed by atoms with Gasteiger partial charge in [0.1, 0.15) is 5.69 Å². The minimum Gasteiger partial charge on any atom is -0.252 e. The number of nitrogens with zero attached hydrogens (tertiary/aromatic N) is 4. The molecule has 160 valence electrons. The Labute approximate surface area is 176 Å². The van der Waals surface area contributed by atoms with Crippen molar-refractivity contribution in [1.82, 2.24) is 19.7 Å². The van der Waals surface area contributed by atoms with Crippen molar-refractivity contribution in [1.29, 1.82) is 0 Å². The van der Waals surface area contributed by atoms with Crippen LogP contribution in [0.1, 0.15) is 5.69 Å². The summed E-state index contributed by atoms with van der Waals surface area (Å²) in [4.78, 5) is 8.42. The second-order valence-corrected chi connectivity index (χ2v) is 8.66. The topological polar surface area (TPSA) is 104 Å². The van der Waals surface area contributed by atoms with Crippen molar-refractivity contribution in [2.24, 2.45) is 5.14 Å². The molecule has 2 N–H and O–H groups in total. The van der Waals surface area contributed by atoms with Gasteiger partial charge in [0, 0.05) is 11.8 Å². The Kier molecular flexibility index (Phi) is 5.11. The maximum absolute atomic E-state index is 14.9. The molecule has 0 fully saturated rings. The minimum absolute atomic E-state index is 0.0802. The lowest BCUT2D eigenvalue weighted by Gasteiger charge is -2.08. The van der Waals surface area contributed by atoms with Gasteiger partial charge in [-0.2, -0.15) is 18.3 Å². The average molecular weight is 469 g/mol. The lowest BCUT2D eigenvalue weighted by Crippen LogP contribution is -2.14. The summed E-state index contributed by atoms with van der Waals surface area (Å²) in [6, 6.07) is 8.28. The third-order valence-electron chi connectivity index (χ3n) is 4.23. The number of alkyl halides is 3. The van der Waals surface area contributed by atoms with Gasteiger partial charge in [0.05, 0.1) is 22.3 Å². The number of benzene rings is 1. The van der Waals surface area contributed by atoms with Crippen LogP contribution < -0.4 is 5.14 Å². The summed E-state index contributed by atoms with van der Waals surface area (Å²) < 4.78 is 78.2. The lowest BCUT2D eigenvalue weighted by atomic mass is 10.1. The van der Waals surface area contributed by atoms with Gasteiger partial charge in [0.15, 0.2) is 10.8 Å². The third kappa shape index (κ3) is 4.06. The highest BCUT2D eigenvalue weighted by atomic mass is 32.2. The molecule has 0 saturated carbocycles. The van der Waals surface area contributed by atoms with E-state index in [4.69, 9.17) is 5.14 Å². The van der Waals surface area contributed by atoms with E-state index in [1.165, 1.54) is 23.5 Å². The van der Waals surface area contributed by atoms with E-state index in [1.807, 2.05) is 0 Å². The van der Waals surface area contributed by atoms with Crippen molar-refractivity contribution in [3.63, 3.8) is 0 Å². The van der Waals surface area contributed by atoms with Crippen LogP contribution in [0.4, 0.5) is 17.6 Å². The Morgan fingerprint density at radius 1 is 1.00 bits per heavy atom. The first-order valence-corrected chi connectivity index (χ1v) is 10.8. The Hall–Kier alpha value is -3.16. The molecule has 13 heteroatoms. The summed E-state index contributed by atoms with van der Waals surface area (Å²) >= 11 is 1.37. The molecular weight excluding hydrogens is 458 g/mol. The summed E-state index contributed by atoms with van der Waals surface area (Å²) in [5.41, 5.74) is 0.282. The highest BCUT2D eigenvalue weighted by Crippen LogP contribution is 2.37. The largest absolute Gasteiger partial charge is 0.438 e. The molecule has 4 rings (SSSR count). The predicted octanol–water partition coefficient (Wildman–Crippen LogP) is 3.86. The molecule has 0 saturated heterocycles. The molecule has 4 aromatic rings. The van der Waals surface area contributed by atoms with Crippen molar-refractivity contribution in [3.8, 4) is 27.4 Å². The van der Waals surface area contributed by atoms with Crippen LogP contribution in [0.25, 0.3) is 27.4 Å². The maximum Gasteiger partial charge on any atom is 0.438 e. The third-order valence-corrected chi connectivity index (χ3v) is 5.87.